The van der Waals surface area contributed by atoms with Crippen molar-refractivity contribution in [3.63, 3.8) is 0 Å². The van der Waals surface area contributed by atoms with E-state index >= 15 is 0 Å². The van der Waals surface area contributed by atoms with Crippen LogP contribution in [0.3, 0.4) is 0 Å². The minimum Gasteiger partial charge on any atom is -0.329 e. The molecule has 1 unspecified atom stereocenters. The van der Waals surface area contributed by atoms with E-state index in [1.54, 1.807) is 6.20 Å². The molecule has 1 aromatic carbocycles. The summed E-state index contributed by atoms with van der Waals surface area (Å²) in [5.74, 6) is 0.632. The standard InChI is InChI=1S/C16H21N3/c1-11(2)13-7-6-12(3)14(9-13)15(10-17)16-5-4-8-18-19-16/h4-9,11,15H,10,17H2,1-3H3. The van der Waals surface area contributed by atoms with Gasteiger partial charge in [-0.2, -0.15) is 10.2 Å². The Bertz CT molecular complexity index is 535. The molecule has 0 bridgehead atoms. The van der Waals surface area contributed by atoms with Crippen LogP contribution in [0.25, 0.3) is 0 Å². The molecule has 2 aromatic rings. The zero-order valence-corrected chi connectivity index (χ0v) is 11.8. The third-order valence-electron chi connectivity index (χ3n) is 3.53. The van der Waals surface area contributed by atoms with Gasteiger partial charge in [-0.05, 0) is 41.7 Å². The summed E-state index contributed by atoms with van der Waals surface area (Å²) in [5.41, 5.74) is 10.8. The van der Waals surface area contributed by atoms with Crippen LogP contribution in [-0.2, 0) is 0 Å². The van der Waals surface area contributed by atoms with E-state index < -0.39 is 0 Å². The highest BCUT2D eigenvalue weighted by Gasteiger charge is 2.17. The summed E-state index contributed by atoms with van der Waals surface area (Å²) in [4.78, 5) is 0. The number of aromatic nitrogens is 2. The smallest absolute Gasteiger partial charge is 0.0718 e. The predicted octanol–water partition coefficient (Wildman–Crippen LogP) is 3.00. The molecule has 0 aliphatic carbocycles. The van der Waals surface area contributed by atoms with Crippen molar-refractivity contribution in [3.8, 4) is 0 Å². The average molecular weight is 255 g/mol. The summed E-state index contributed by atoms with van der Waals surface area (Å²) in [6.07, 6.45) is 1.69. The second-order valence-corrected chi connectivity index (χ2v) is 5.21. The molecule has 1 heterocycles. The molecule has 1 aromatic heterocycles. The Morgan fingerprint density at radius 1 is 1.21 bits per heavy atom. The first kappa shape index (κ1) is 13.7. The van der Waals surface area contributed by atoms with Gasteiger partial charge in [0.25, 0.3) is 0 Å². The minimum atomic E-state index is 0.118. The molecule has 0 aliphatic rings. The lowest BCUT2D eigenvalue weighted by Gasteiger charge is -2.19. The van der Waals surface area contributed by atoms with Gasteiger partial charge >= 0.3 is 0 Å². The molecule has 3 nitrogen and oxygen atoms in total. The van der Waals surface area contributed by atoms with E-state index in [4.69, 9.17) is 5.73 Å². The van der Waals surface area contributed by atoms with Crippen LogP contribution in [0.2, 0.25) is 0 Å². The fourth-order valence-corrected chi connectivity index (χ4v) is 2.30. The number of benzene rings is 1. The Kier molecular flexibility index (Phi) is 4.27. The second-order valence-electron chi connectivity index (χ2n) is 5.21. The number of rotatable bonds is 4. The fourth-order valence-electron chi connectivity index (χ4n) is 2.30. The Morgan fingerprint density at radius 3 is 2.58 bits per heavy atom. The Labute approximate surface area is 114 Å². The normalized spacial score (nSPS) is 12.7. The van der Waals surface area contributed by atoms with Gasteiger partial charge in [0.05, 0.1) is 5.69 Å². The maximum atomic E-state index is 5.96. The lowest BCUT2D eigenvalue weighted by molar-refractivity contribution is 0.750. The van der Waals surface area contributed by atoms with Crippen molar-refractivity contribution in [2.24, 2.45) is 5.73 Å². The van der Waals surface area contributed by atoms with Crippen LogP contribution < -0.4 is 5.73 Å². The van der Waals surface area contributed by atoms with Crippen LogP contribution in [0.1, 0.15) is 48.1 Å². The second kappa shape index (κ2) is 5.93. The van der Waals surface area contributed by atoms with E-state index in [-0.39, 0.29) is 5.92 Å². The van der Waals surface area contributed by atoms with Crippen LogP contribution in [0.5, 0.6) is 0 Å². The van der Waals surface area contributed by atoms with E-state index in [9.17, 15) is 0 Å². The molecule has 0 spiro atoms. The molecule has 0 saturated carbocycles. The minimum absolute atomic E-state index is 0.118. The van der Waals surface area contributed by atoms with Crippen molar-refractivity contribution >= 4 is 0 Å². The van der Waals surface area contributed by atoms with Gasteiger partial charge in [0.15, 0.2) is 0 Å². The van der Waals surface area contributed by atoms with Crippen LogP contribution >= 0.6 is 0 Å². The van der Waals surface area contributed by atoms with Crippen molar-refractivity contribution < 1.29 is 0 Å². The first-order chi connectivity index (χ1) is 9.13. The van der Waals surface area contributed by atoms with Crippen molar-refractivity contribution in [2.45, 2.75) is 32.6 Å². The summed E-state index contributed by atoms with van der Waals surface area (Å²) in [6, 6.07) is 10.5. The summed E-state index contributed by atoms with van der Waals surface area (Å²) in [6.45, 7) is 7.07. The van der Waals surface area contributed by atoms with Gasteiger partial charge in [0.2, 0.25) is 0 Å². The monoisotopic (exact) mass is 255 g/mol. The molecule has 19 heavy (non-hydrogen) atoms. The maximum Gasteiger partial charge on any atom is 0.0718 e. The van der Waals surface area contributed by atoms with Crippen molar-refractivity contribution in [1.29, 1.82) is 0 Å². The average Bonchev–Trinajstić information content (AvgIpc) is 2.42. The summed E-state index contributed by atoms with van der Waals surface area (Å²) < 4.78 is 0. The lowest BCUT2D eigenvalue weighted by Crippen LogP contribution is -2.17. The fraction of sp³-hybridized carbons (Fsp3) is 0.375. The molecule has 2 N–H and O–H groups in total. The maximum absolute atomic E-state index is 5.96. The van der Waals surface area contributed by atoms with Crippen molar-refractivity contribution in [3.05, 3.63) is 58.9 Å². The number of nitrogens with two attached hydrogens (primary N) is 1. The SMILES string of the molecule is Cc1ccc(C(C)C)cc1C(CN)c1cccnn1. The van der Waals surface area contributed by atoms with Crippen LogP contribution in [0.4, 0.5) is 0 Å². The first-order valence-corrected chi connectivity index (χ1v) is 6.71. The molecular weight excluding hydrogens is 234 g/mol. The number of aryl methyl sites for hydroxylation is 1. The van der Waals surface area contributed by atoms with Crippen LogP contribution in [0, 0.1) is 6.92 Å². The zero-order chi connectivity index (χ0) is 13.8. The molecule has 100 valence electrons. The quantitative estimate of drug-likeness (QED) is 0.913. The molecule has 2 rings (SSSR count). The van der Waals surface area contributed by atoms with Crippen molar-refractivity contribution in [2.75, 3.05) is 6.54 Å². The Balaban J connectivity index is 2.46. The topological polar surface area (TPSA) is 51.8 Å². The lowest BCUT2D eigenvalue weighted by atomic mass is 9.88. The predicted molar refractivity (Wildman–Crippen MR) is 78.2 cm³/mol. The van der Waals surface area contributed by atoms with E-state index in [1.807, 2.05) is 12.1 Å². The number of hydrogen-bond acceptors (Lipinski definition) is 3. The number of hydrogen-bond donors (Lipinski definition) is 1. The molecule has 0 aliphatic heterocycles. The zero-order valence-electron chi connectivity index (χ0n) is 11.8. The molecule has 0 radical (unpaired) electrons. The Hall–Kier alpha value is -1.74. The highest BCUT2D eigenvalue weighted by molar-refractivity contribution is 5.39. The van der Waals surface area contributed by atoms with E-state index in [1.165, 1.54) is 16.7 Å². The molecule has 3 heteroatoms. The molecule has 1 atom stereocenters. The summed E-state index contributed by atoms with van der Waals surface area (Å²) in [5, 5.41) is 8.17. The van der Waals surface area contributed by atoms with Gasteiger partial charge in [-0.25, -0.2) is 0 Å². The van der Waals surface area contributed by atoms with Gasteiger partial charge in [-0.15, -0.1) is 0 Å². The van der Waals surface area contributed by atoms with Gasteiger partial charge in [-0.3, -0.25) is 0 Å². The third-order valence-corrected chi connectivity index (χ3v) is 3.53. The highest BCUT2D eigenvalue weighted by atomic mass is 15.1. The Morgan fingerprint density at radius 2 is 2.00 bits per heavy atom. The highest BCUT2D eigenvalue weighted by Crippen LogP contribution is 2.27. The largest absolute Gasteiger partial charge is 0.329 e. The molecule has 0 amide bonds. The first-order valence-electron chi connectivity index (χ1n) is 6.71. The van der Waals surface area contributed by atoms with Gasteiger partial charge in [0.1, 0.15) is 0 Å². The summed E-state index contributed by atoms with van der Waals surface area (Å²) in [7, 11) is 0. The van der Waals surface area contributed by atoms with Crippen LogP contribution in [0.15, 0.2) is 36.5 Å². The third kappa shape index (κ3) is 2.99. The summed E-state index contributed by atoms with van der Waals surface area (Å²) >= 11 is 0. The van der Waals surface area contributed by atoms with Gasteiger partial charge < -0.3 is 5.73 Å². The molecule has 0 fully saturated rings. The van der Waals surface area contributed by atoms with E-state index in [0.29, 0.717) is 12.5 Å². The van der Waals surface area contributed by atoms with Crippen molar-refractivity contribution in [1.82, 2.24) is 10.2 Å². The van der Waals surface area contributed by atoms with E-state index in [2.05, 4.69) is 49.2 Å². The molecular formula is C16H21N3. The van der Waals surface area contributed by atoms with E-state index in [0.717, 1.165) is 5.69 Å². The van der Waals surface area contributed by atoms with Gasteiger partial charge in [0, 0.05) is 18.7 Å². The van der Waals surface area contributed by atoms with Crippen LogP contribution in [-0.4, -0.2) is 16.7 Å². The molecule has 0 saturated heterocycles. The number of nitrogens with zero attached hydrogens (tertiary/aromatic N) is 2. The van der Waals surface area contributed by atoms with Gasteiger partial charge in [-0.1, -0.05) is 32.0 Å².